The number of hydrogen-bond donors (Lipinski definition) is 0. The minimum absolute atomic E-state index is 0.178. The van der Waals surface area contributed by atoms with Gasteiger partial charge in [0.2, 0.25) is 0 Å². The predicted octanol–water partition coefficient (Wildman–Crippen LogP) is 3.82. The molecule has 0 saturated carbocycles. The zero-order valence-corrected chi connectivity index (χ0v) is 14.0. The Balaban J connectivity index is 2.51. The molecule has 5 nitrogen and oxygen atoms in total. The van der Waals surface area contributed by atoms with Gasteiger partial charge in [-0.25, -0.2) is 4.89 Å². The fourth-order valence-electron chi connectivity index (χ4n) is 3.23. The third kappa shape index (κ3) is 2.29. The molecule has 0 radical (unpaired) electrons. The molecule has 1 aromatic carbocycles. The van der Waals surface area contributed by atoms with Crippen LogP contribution in [0.1, 0.15) is 33.3 Å². The first-order valence-electron chi connectivity index (χ1n) is 7.01. The number of methoxy groups -OCH3 is 1. The largest absolute Gasteiger partial charge is 0.542 e. The first-order valence-corrected chi connectivity index (χ1v) is 7.82. The third-order valence-electron chi connectivity index (χ3n) is 4.19. The van der Waals surface area contributed by atoms with Crippen molar-refractivity contribution < 1.29 is 23.6 Å². The Hall–Kier alpha value is -1.00. The molecule has 2 unspecified atom stereocenters. The normalized spacial score (nSPS) is 24.3. The summed E-state index contributed by atoms with van der Waals surface area (Å²) < 4.78 is 21.5. The number of hydrogen-bond acceptors (Lipinski definition) is 5. The van der Waals surface area contributed by atoms with E-state index in [-0.39, 0.29) is 11.8 Å². The molecule has 1 aliphatic heterocycles. The van der Waals surface area contributed by atoms with Crippen LogP contribution in [0.5, 0.6) is 5.75 Å². The van der Waals surface area contributed by atoms with E-state index in [0.29, 0.717) is 5.75 Å². The van der Waals surface area contributed by atoms with Gasteiger partial charge in [0.15, 0.2) is 11.4 Å². The molecule has 6 heteroatoms. The molecule has 116 valence electrons. The van der Waals surface area contributed by atoms with Crippen molar-refractivity contribution in [1.29, 1.82) is 0 Å². The number of rotatable bonds is 6. The highest BCUT2D eigenvalue weighted by atomic mass is 31.1. The van der Waals surface area contributed by atoms with Crippen molar-refractivity contribution in [2.24, 2.45) is 11.8 Å². The maximum atomic E-state index is 10.7. The van der Waals surface area contributed by atoms with Crippen LogP contribution in [0.3, 0.4) is 0 Å². The summed E-state index contributed by atoms with van der Waals surface area (Å²) in [7, 11) is 0.750. The molecule has 0 N–H and O–H groups in total. The maximum absolute atomic E-state index is 10.7. The molecule has 1 saturated heterocycles. The van der Waals surface area contributed by atoms with Gasteiger partial charge < -0.3 is 4.74 Å². The van der Waals surface area contributed by atoms with Gasteiger partial charge in [-0.15, -0.1) is 0 Å². The van der Waals surface area contributed by atoms with Crippen LogP contribution in [0.25, 0.3) is 0 Å². The average Bonchev–Trinajstić information content (AvgIpc) is 2.39. The van der Waals surface area contributed by atoms with Crippen molar-refractivity contribution in [3.63, 3.8) is 0 Å². The van der Waals surface area contributed by atoms with Gasteiger partial charge in [0.05, 0.1) is 0 Å². The second-order valence-electron chi connectivity index (χ2n) is 5.80. The van der Waals surface area contributed by atoms with E-state index in [1.807, 2.05) is 12.1 Å². The summed E-state index contributed by atoms with van der Waals surface area (Å²) in [5, 5.41) is 0. The first-order chi connectivity index (χ1) is 9.94. The van der Waals surface area contributed by atoms with E-state index in [1.165, 1.54) is 0 Å². The highest BCUT2D eigenvalue weighted by molar-refractivity contribution is 7.17. The predicted molar refractivity (Wildman–Crippen MR) is 79.3 cm³/mol. The molecule has 2 atom stereocenters. The molecule has 0 amide bonds. The van der Waals surface area contributed by atoms with E-state index in [2.05, 4.69) is 27.7 Å². The Bertz CT molecular complexity index is 505. The summed E-state index contributed by atoms with van der Waals surface area (Å²) in [6.07, 6.45) is 0. The van der Waals surface area contributed by atoms with Gasteiger partial charge in [0, 0.05) is 12.7 Å². The molecule has 0 spiro atoms. The summed E-state index contributed by atoms with van der Waals surface area (Å²) in [5.74, 6) is -0.135. The lowest BCUT2D eigenvalue weighted by atomic mass is 9.70. The molecular formula is C15H22O5P+. The van der Waals surface area contributed by atoms with Crippen molar-refractivity contribution in [1.82, 2.24) is 0 Å². The highest BCUT2D eigenvalue weighted by Gasteiger charge is 2.69. The van der Waals surface area contributed by atoms with Crippen molar-refractivity contribution in [2.75, 3.05) is 7.11 Å². The van der Waals surface area contributed by atoms with Crippen molar-refractivity contribution in [3.8, 4) is 5.75 Å². The third-order valence-corrected chi connectivity index (χ3v) is 4.51. The molecule has 0 bridgehead atoms. The quantitative estimate of drug-likeness (QED) is 0.590. The van der Waals surface area contributed by atoms with Crippen molar-refractivity contribution in [3.05, 3.63) is 29.8 Å². The monoisotopic (exact) mass is 313 g/mol. The molecule has 0 aromatic heterocycles. The zero-order valence-electron chi connectivity index (χ0n) is 13.0. The summed E-state index contributed by atoms with van der Waals surface area (Å²) in [6, 6.07) is 7.23. The molecule has 1 heterocycles. The lowest BCUT2D eigenvalue weighted by molar-refractivity contribution is -0.634. The van der Waals surface area contributed by atoms with Crippen molar-refractivity contribution in [2.45, 2.75) is 39.1 Å². The van der Waals surface area contributed by atoms with Gasteiger partial charge in [-0.2, -0.15) is 4.89 Å². The van der Waals surface area contributed by atoms with Crippen molar-refractivity contribution >= 4 is 8.69 Å². The van der Waals surface area contributed by atoms with Crippen LogP contribution >= 0.6 is 8.69 Å². The molecule has 1 aromatic rings. The molecule has 1 fully saturated rings. The Kier molecular flexibility index (Phi) is 4.69. The van der Waals surface area contributed by atoms with Crippen LogP contribution in [-0.4, -0.2) is 12.7 Å². The minimum Gasteiger partial charge on any atom is -0.345 e. The van der Waals surface area contributed by atoms with Gasteiger partial charge in [0.25, 0.3) is 5.79 Å². The standard InChI is InChI=1S/C15H22O5P/c1-10(2)14(11(3)4)15(17-5,20-19-14)12-7-6-8-13(9-12)18-21-16/h6-11,21H,1-5H3/q+1. The first kappa shape index (κ1) is 16.4. The Morgan fingerprint density at radius 3 is 2.24 bits per heavy atom. The maximum Gasteiger partial charge on any atom is 0.542 e. The fourth-order valence-corrected chi connectivity index (χ4v) is 3.45. The van der Waals surface area contributed by atoms with E-state index >= 15 is 0 Å². The van der Waals surface area contributed by atoms with Crippen LogP contribution in [0, 0.1) is 11.8 Å². The van der Waals surface area contributed by atoms with Gasteiger partial charge >= 0.3 is 8.69 Å². The summed E-state index contributed by atoms with van der Waals surface area (Å²) >= 11 is 0. The Morgan fingerprint density at radius 1 is 1.14 bits per heavy atom. The van der Waals surface area contributed by atoms with E-state index in [9.17, 15) is 4.57 Å². The summed E-state index contributed by atoms with van der Waals surface area (Å²) in [4.78, 5) is 11.0. The van der Waals surface area contributed by atoms with E-state index in [4.69, 9.17) is 19.0 Å². The second-order valence-corrected chi connectivity index (χ2v) is 6.17. The topological polar surface area (TPSA) is 54.0 Å². The zero-order chi connectivity index (χ0) is 15.7. The number of benzene rings is 1. The van der Waals surface area contributed by atoms with Gasteiger partial charge in [-0.05, 0) is 28.5 Å². The van der Waals surface area contributed by atoms with Crippen LogP contribution < -0.4 is 4.52 Å². The van der Waals surface area contributed by atoms with Crippen LogP contribution in [0.15, 0.2) is 24.3 Å². The molecular weight excluding hydrogens is 291 g/mol. The van der Waals surface area contributed by atoms with E-state index < -0.39 is 20.1 Å². The van der Waals surface area contributed by atoms with E-state index in [0.717, 1.165) is 5.56 Å². The average molecular weight is 313 g/mol. The smallest absolute Gasteiger partial charge is 0.345 e. The van der Waals surface area contributed by atoms with Crippen LogP contribution in [-0.2, 0) is 24.9 Å². The Morgan fingerprint density at radius 2 is 1.81 bits per heavy atom. The SMILES string of the molecule is COC1(c2cccc(O[PH+]=O)c2)OOC1(C(C)C)C(C)C. The summed E-state index contributed by atoms with van der Waals surface area (Å²) in [6.45, 7) is 8.32. The highest BCUT2D eigenvalue weighted by Crippen LogP contribution is 2.57. The second kappa shape index (κ2) is 6.01. The lowest BCUT2D eigenvalue weighted by Gasteiger charge is -2.59. The van der Waals surface area contributed by atoms with E-state index in [1.54, 1.807) is 19.2 Å². The molecule has 0 aliphatic carbocycles. The Labute approximate surface area is 126 Å². The lowest BCUT2D eigenvalue weighted by Crippen LogP contribution is -2.70. The summed E-state index contributed by atoms with van der Waals surface area (Å²) in [5.41, 5.74) is 0.189. The van der Waals surface area contributed by atoms with Gasteiger partial charge in [0.1, 0.15) is 0 Å². The van der Waals surface area contributed by atoms with Crippen LogP contribution in [0.4, 0.5) is 0 Å². The van der Waals surface area contributed by atoms with Crippen LogP contribution in [0.2, 0.25) is 0 Å². The molecule has 21 heavy (non-hydrogen) atoms. The molecule has 1 aliphatic rings. The van der Waals surface area contributed by atoms with Gasteiger partial charge in [-0.1, -0.05) is 39.8 Å². The molecule has 2 rings (SSSR count). The fraction of sp³-hybridized carbons (Fsp3) is 0.600. The number of ether oxygens (including phenoxy) is 1. The minimum atomic E-state index is -0.999. The van der Waals surface area contributed by atoms with Gasteiger partial charge in [-0.3, -0.25) is 4.52 Å².